The van der Waals surface area contributed by atoms with Crippen molar-refractivity contribution in [2.75, 3.05) is 39.6 Å². The van der Waals surface area contributed by atoms with Gasteiger partial charge in [0.1, 0.15) is 25.4 Å². The van der Waals surface area contributed by atoms with Crippen LogP contribution in [-0.2, 0) is 55.8 Å². The molecule has 0 rings (SSSR count). The van der Waals surface area contributed by atoms with E-state index in [1.807, 2.05) is 0 Å². The van der Waals surface area contributed by atoms with E-state index >= 15 is 0 Å². The molecule has 0 bridgehead atoms. The Morgan fingerprint density at radius 3 is 0.869 bits per heavy atom. The lowest BCUT2D eigenvalue weighted by molar-refractivity contribution is -0.161. The number of phosphoric ester groups is 2. The molecule has 99 heavy (non-hydrogen) atoms. The third kappa shape index (κ3) is 74.9. The predicted octanol–water partition coefficient (Wildman–Crippen LogP) is 22.5. The first kappa shape index (κ1) is 94.9. The summed E-state index contributed by atoms with van der Waals surface area (Å²) in [6.45, 7) is 2.52. The van der Waals surface area contributed by atoms with Gasteiger partial charge in [0.25, 0.3) is 0 Å². The van der Waals surface area contributed by atoms with Crippen LogP contribution in [0, 0.1) is 0 Å². The number of phosphoric acid groups is 2. The van der Waals surface area contributed by atoms with E-state index in [2.05, 4.69) is 142 Å². The van der Waals surface area contributed by atoms with Gasteiger partial charge in [-0.3, -0.25) is 32.5 Å². The molecule has 4 N–H and O–H groups in total. The number of aliphatic hydroxyl groups excluding tert-OH is 2. The monoisotopic (exact) mass is 1430 g/mol. The van der Waals surface area contributed by atoms with Crippen molar-refractivity contribution in [3.05, 3.63) is 122 Å². The summed E-state index contributed by atoms with van der Waals surface area (Å²) < 4.78 is 61.0. The van der Waals surface area contributed by atoms with E-state index < -0.39 is 91.5 Å². The van der Waals surface area contributed by atoms with Crippen molar-refractivity contribution in [1.82, 2.24) is 0 Å². The molecule has 5 unspecified atom stereocenters. The standard InChI is InChI=1S/C81H140O16P2/c1-4-7-10-13-16-19-22-24-26-28-30-32-33-34-35-36-37-38-39-40-41-43-45-46-48-50-53-55-58-61-64-67-79(84)91-70-76(82)71-93-98(87,88)94-72-77(83)73-95-99(89,90)96-75-78(97-81(86)69-66-63-60-57-52-21-18-15-12-9-6-3)74-92-80(85)68-65-62-59-56-54-51-49-47-44-42-31-29-27-25-23-20-17-14-11-8-5-2/h7,10,16-17,19-20,24-27,30-32,34-35,37-38,42,47,49,76-78,82-83H,4-6,8-9,11-15,18,21-23,28-29,33,36,39-41,43-46,48,50-75H2,1-3H3,(H,87,88)(H,89,90)/b10-7-,19-16-,20-17-,26-24-,27-25-,32-30-,35-34-,38-37-,42-31-,49-47-. The summed E-state index contributed by atoms with van der Waals surface area (Å²) in [7, 11) is -9.78. The molecule has 16 nitrogen and oxygen atoms in total. The molecular formula is C81H140O16P2. The van der Waals surface area contributed by atoms with Crippen LogP contribution >= 0.6 is 15.6 Å². The summed E-state index contributed by atoms with van der Waals surface area (Å²) in [5.74, 6) is -1.59. The molecule has 570 valence electrons. The Hall–Kier alpha value is -4.05. The van der Waals surface area contributed by atoms with Gasteiger partial charge in [-0.05, 0) is 116 Å². The minimum absolute atomic E-state index is 0.102. The van der Waals surface area contributed by atoms with E-state index in [9.17, 15) is 43.5 Å². The van der Waals surface area contributed by atoms with E-state index in [4.69, 9.17) is 32.3 Å². The molecule has 0 fully saturated rings. The van der Waals surface area contributed by atoms with Gasteiger partial charge in [0, 0.05) is 19.3 Å². The minimum atomic E-state index is -4.93. The van der Waals surface area contributed by atoms with Crippen LogP contribution in [0.3, 0.4) is 0 Å². The highest BCUT2D eigenvalue weighted by atomic mass is 31.2. The molecule has 0 aromatic carbocycles. The summed E-state index contributed by atoms with van der Waals surface area (Å²) in [6.07, 6.45) is 86.9. The maximum Gasteiger partial charge on any atom is 0.472 e. The van der Waals surface area contributed by atoms with Gasteiger partial charge < -0.3 is 34.2 Å². The molecule has 18 heteroatoms. The fraction of sp³-hybridized carbons (Fsp3) is 0.716. The Balaban J connectivity index is 4.44. The Morgan fingerprint density at radius 2 is 0.535 bits per heavy atom. The predicted molar refractivity (Wildman–Crippen MR) is 408 cm³/mol. The third-order valence-electron chi connectivity index (χ3n) is 16.2. The smallest absolute Gasteiger partial charge is 0.463 e. The molecule has 0 heterocycles. The zero-order chi connectivity index (χ0) is 72.3. The lowest BCUT2D eigenvalue weighted by Crippen LogP contribution is -2.30. The lowest BCUT2D eigenvalue weighted by Gasteiger charge is -2.21. The van der Waals surface area contributed by atoms with E-state index in [1.165, 1.54) is 116 Å². The van der Waals surface area contributed by atoms with E-state index in [0.29, 0.717) is 19.3 Å². The molecule has 0 aromatic rings. The average molecular weight is 1430 g/mol. The molecule has 0 saturated heterocycles. The van der Waals surface area contributed by atoms with Crippen molar-refractivity contribution in [2.45, 2.75) is 334 Å². The number of rotatable bonds is 73. The number of esters is 3. The normalized spacial score (nSPS) is 14.7. The molecule has 0 amide bonds. The Bertz CT molecular complexity index is 2290. The highest BCUT2D eigenvalue weighted by Gasteiger charge is 2.29. The molecule has 5 atom stereocenters. The zero-order valence-corrected chi connectivity index (χ0v) is 63.9. The van der Waals surface area contributed by atoms with Crippen molar-refractivity contribution < 1.29 is 75.8 Å². The molecule has 0 aliphatic rings. The Morgan fingerprint density at radius 1 is 0.293 bits per heavy atom. The van der Waals surface area contributed by atoms with Gasteiger partial charge in [-0.1, -0.05) is 303 Å². The highest BCUT2D eigenvalue weighted by Crippen LogP contribution is 2.45. The van der Waals surface area contributed by atoms with Crippen LogP contribution in [0.1, 0.15) is 316 Å². The number of hydrogen-bond donors (Lipinski definition) is 4. The van der Waals surface area contributed by atoms with Crippen LogP contribution < -0.4 is 0 Å². The molecule has 0 radical (unpaired) electrons. The molecular weight excluding hydrogens is 1290 g/mol. The first-order chi connectivity index (χ1) is 48.2. The fourth-order valence-corrected chi connectivity index (χ4v) is 11.8. The van der Waals surface area contributed by atoms with Crippen LogP contribution in [0.2, 0.25) is 0 Å². The largest absolute Gasteiger partial charge is 0.472 e. The number of aliphatic hydroxyl groups is 2. The van der Waals surface area contributed by atoms with Gasteiger partial charge in [-0.25, -0.2) is 9.13 Å². The number of ether oxygens (including phenoxy) is 3. The SMILES string of the molecule is CC/C=C\C/C=C\C/C=C\C/C=C\C/C=C\C/C=C\CCCCCCCCCCCCCCC(=O)OCC(O)COP(=O)(O)OCC(O)COP(=O)(O)OCC(COC(=O)CCCCCCC/C=C\C/C=C\C/C=C\C/C=C\CCCCC)OC(=O)CCCCCCCCCCCCC. The Labute approximate surface area is 602 Å². The quantitative estimate of drug-likeness (QED) is 0.0146. The second-order valence-corrected chi connectivity index (χ2v) is 28.7. The molecule has 0 aliphatic heterocycles. The topological polar surface area (TPSA) is 231 Å². The zero-order valence-electron chi connectivity index (χ0n) is 62.1. The first-order valence-electron chi connectivity index (χ1n) is 38.8. The maximum absolute atomic E-state index is 12.9. The average Bonchev–Trinajstić information content (AvgIpc) is 1.22. The number of carbonyl (C=O) groups is 3. The molecule has 0 saturated carbocycles. The highest BCUT2D eigenvalue weighted by molar-refractivity contribution is 7.47. The molecule has 0 spiro atoms. The van der Waals surface area contributed by atoms with E-state index in [-0.39, 0.29) is 19.3 Å². The number of allylic oxidation sites excluding steroid dienone is 20. The third-order valence-corrected chi connectivity index (χ3v) is 18.1. The van der Waals surface area contributed by atoms with Crippen LogP contribution in [0.25, 0.3) is 0 Å². The second-order valence-electron chi connectivity index (χ2n) is 25.8. The van der Waals surface area contributed by atoms with Crippen molar-refractivity contribution in [2.24, 2.45) is 0 Å². The molecule has 0 aromatic heterocycles. The minimum Gasteiger partial charge on any atom is -0.463 e. The van der Waals surface area contributed by atoms with Gasteiger partial charge in [0.05, 0.1) is 26.4 Å². The number of carbonyl (C=O) groups excluding carboxylic acids is 3. The van der Waals surface area contributed by atoms with Gasteiger partial charge in [-0.2, -0.15) is 0 Å². The van der Waals surface area contributed by atoms with Crippen molar-refractivity contribution in [3.8, 4) is 0 Å². The van der Waals surface area contributed by atoms with Gasteiger partial charge in [0.15, 0.2) is 6.10 Å². The summed E-state index contributed by atoms with van der Waals surface area (Å²) in [5.41, 5.74) is 0. The summed E-state index contributed by atoms with van der Waals surface area (Å²) >= 11 is 0. The van der Waals surface area contributed by atoms with Crippen LogP contribution in [0.5, 0.6) is 0 Å². The van der Waals surface area contributed by atoms with Gasteiger partial charge in [0.2, 0.25) is 0 Å². The van der Waals surface area contributed by atoms with Crippen molar-refractivity contribution in [3.63, 3.8) is 0 Å². The van der Waals surface area contributed by atoms with E-state index in [1.54, 1.807) is 0 Å². The van der Waals surface area contributed by atoms with Crippen molar-refractivity contribution >= 4 is 33.6 Å². The van der Waals surface area contributed by atoms with Gasteiger partial charge in [-0.15, -0.1) is 0 Å². The second kappa shape index (κ2) is 73.7. The van der Waals surface area contributed by atoms with Crippen LogP contribution in [-0.4, -0.2) is 95.9 Å². The summed E-state index contributed by atoms with van der Waals surface area (Å²) in [4.78, 5) is 58.5. The fourth-order valence-electron chi connectivity index (χ4n) is 10.3. The maximum atomic E-state index is 12.9. The molecule has 0 aliphatic carbocycles. The van der Waals surface area contributed by atoms with E-state index in [0.717, 1.165) is 141 Å². The Kier molecular flexibility index (Phi) is 70.7. The number of hydrogen-bond acceptors (Lipinski definition) is 14. The van der Waals surface area contributed by atoms with Gasteiger partial charge >= 0.3 is 33.6 Å². The van der Waals surface area contributed by atoms with Crippen LogP contribution in [0.4, 0.5) is 0 Å². The number of unbranched alkanes of at least 4 members (excludes halogenated alkanes) is 30. The van der Waals surface area contributed by atoms with Crippen molar-refractivity contribution in [1.29, 1.82) is 0 Å². The lowest BCUT2D eigenvalue weighted by atomic mass is 10.0. The first-order valence-corrected chi connectivity index (χ1v) is 41.8. The van der Waals surface area contributed by atoms with Crippen LogP contribution in [0.15, 0.2) is 122 Å². The summed E-state index contributed by atoms with van der Waals surface area (Å²) in [5, 5.41) is 20.6. The summed E-state index contributed by atoms with van der Waals surface area (Å²) in [6, 6.07) is 0.